The number of anilines is 1. The second-order valence-corrected chi connectivity index (χ2v) is 5.91. The summed E-state index contributed by atoms with van der Waals surface area (Å²) in [6.07, 6.45) is 0. The number of rotatable bonds is 7. The summed E-state index contributed by atoms with van der Waals surface area (Å²) in [5, 5.41) is 0. The van der Waals surface area contributed by atoms with E-state index in [1.54, 1.807) is 14.0 Å². The Morgan fingerprint density at radius 3 is 2.58 bits per heavy atom. The van der Waals surface area contributed by atoms with Crippen molar-refractivity contribution in [3.8, 4) is 0 Å². The largest absolute Gasteiger partial charge is 0.383 e. The van der Waals surface area contributed by atoms with Gasteiger partial charge >= 0.3 is 0 Å². The SMILES string of the molecule is COCCN(CC(C)C)c1ccc(C(C)=O)cc1Br. The van der Waals surface area contributed by atoms with Gasteiger partial charge < -0.3 is 9.64 Å². The van der Waals surface area contributed by atoms with E-state index in [4.69, 9.17) is 4.74 Å². The van der Waals surface area contributed by atoms with Gasteiger partial charge in [0.2, 0.25) is 0 Å². The molecule has 0 saturated carbocycles. The van der Waals surface area contributed by atoms with Crippen molar-refractivity contribution in [3.05, 3.63) is 28.2 Å². The van der Waals surface area contributed by atoms with E-state index in [9.17, 15) is 4.79 Å². The monoisotopic (exact) mass is 327 g/mol. The zero-order valence-electron chi connectivity index (χ0n) is 12.1. The normalized spacial score (nSPS) is 10.8. The van der Waals surface area contributed by atoms with Crippen molar-refractivity contribution in [2.75, 3.05) is 31.7 Å². The molecule has 1 aromatic carbocycles. The van der Waals surface area contributed by atoms with Crippen LogP contribution < -0.4 is 4.90 Å². The molecule has 0 aliphatic rings. The highest BCUT2D eigenvalue weighted by Crippen LogP contribution is 2.28. The quantitative estimate of drug-likeness (QED) is 0.714. The van der Waals surface area contributed by atoms with E-state index in [1.165, 1.54) is 0 Å². The van der Waals surface area contributed by atoms with Crippen LogP contribution in [-0.4, -0.2) is 32.6 Å². The van der Waals surface area contributed by atoms with E-state index in [-0.39, 0.29) is 5.78 Å². The number of benzene rings is 1. The molecule has 0 amide bonds. The number of halogens is 1. The molecule has 0 aromatic heterocycles. The van der Waals surface area contributed by atoms with Crippen LogP contribution in [0.1, 0.15) is 31.1 Å². The third kappa shape index (κ3) is 4.96. The topological polar surface area (TPSA) is 29.5 Å². The van der Waals surface area contributed by atoms with Crippen molar-refractivity contribution in [2.24, 2.45) is 5.92 Å². The predicted octanol–water partition coefficient (Wildman–Crippen LogP) is 3.76. The summed E-state index contributed by atoms with van der Waals surface area (Å²) in [6.45, 7) is 8.45. The van der Waals surface area contributed by atoms with Gasteiger partial charge in [0.1, 0.15) is 0 Å². The molecule has 0 N–H and O–H groups in total. The molecule has 0 radical (unpaired) electrons. The molecule has 1 rings (SSSR count). The van der Waals surface area contributed by atoms with Crippen molar-refractivity contribution in [1.29, 1.82) is 0 Å². The van der Waals surface area contributed by atoms with Crippen LogP contribution in [0.2, 0.25) is 0 Å². The minimum Gasteiger partial charge on any atom is -0.383 e. The Morgan fingerprint density at radius 2 is 2.11 bits per heavy atom. The van der Waals surface area contributed by atoms with E-state index in [0.717, 1.165) is 28.8 Å². The van der Waals surface area contributed by atoms with E-state index >= 15 is 0 Å². The fourth-order valence-corrected chi connectivity index (χ4v) is 2.56. The molecule has 0 aliphatic heterocycles. The van der Waals surface area contributed by atoms with Gasteiger partial charge in [0.05, 0.1) is 12.3 Å². The molecule has 0 saturated heterocycles. The smallest absolute Gasteiger partial charge is 0.159 e. The molecule has 0 spiro atoms. The first-order valence-corrected chi connectivity index (χ1v) is 7.29. The second-order valence-electron chi connectivity index (χ2n) is 5.06. The second kappa shape index (κ2) is 7.65. The number of nitrogens with zero attached hydrogens (tertiary/aromatic N) is 1. The standard InChI is InChI=1S/C15H22BrNO2/c1-11(2)10-17(7-8-19-4)15-6-5-13(12(3)18)9-14(15)16/h5-6,9,11H,7-8,10H2,1-4H3. The van der Waals surface area contributed by atoms with Crippen molar-refractivity contribution in [1.82, 2.24) is 0 Å². The zero-order chi connectivity index (χ0) is 14.4. The average molecular weight is 328 g/mol. The third-order valence-electron chi connectivity index (χ3n) is 2.85. The fraction of sp³-hybridized carbons (Fsp3) is 0.533. The van der Waals surface area contributed by atoms with Crippen LogP contribution in [-0.2, 0) is 4.74 Å². The molecule has 0 unspecified atom stereocenters. The van der Waals surface area contributed by atoms with E-state index in [1.807, 2.05) is 18.2 Å². The minimum absolute atomic E-state index is 0.0829. The Morgan fingerprint density at radius 1 is 1.42 bits per heavy atom. The van der Waals surface area contributed by atoms with Gasteiger partial charge in [-0.25, -0.2) is 0 Å². The highest BCUT2D eigenvalue weighted by molar-refractivity contribution is 9.10. The van der Waals surface area contributed by atoms with Crippen LogP contribution in [0.5, 0.6) is 0 Å². The predicted molar refractivity (Wildman–Crippen MR) is 83.1 cm³/mol. The van der Waals surface area contributed by atoms with Gasteiger partial charge in [-0.15, -0.1) is 0 Å². The Bertz CT molecular complexity index is 432. The highest BCUT2D eigenvalue weighted by Gasteiger charge is 2.13. The fourth-order valence-electron chi connectivity index (χ4n) is 1.93. The first-order valence-electron chi connectivity index (χ1n) is 6.50. The molecular weight excluding hydrogens is 306 g/mol. The molecular formula is C15H22BrNO2. The van der Waals surface area contributed by atoms with Crippen LogP contribution in [0.3, 0.4) is 0 Å². The number of Topliss-reactive ketones (excluding diaryl/α,β-unsaturated/α-hetero) is 1. The number of ether oxygens (including phenoxy) is 1. The summed E-state index contributed by atoms with van der Waals surface area (Å²) in [5.74, 6) is 0.649. The zero-order valence-corrected chi connectivity index (χ0v) is 13.7. The van der Waals surface area contributed by atoms with E-state index in [0.29, 0.717) is 12.5 Å². The molecule has 1 aromatic rings. The van der Waals surface area contributed by atoms with Crippen molar-refractivity contribution in [3.63, 3.8) is 0 Å². The van der Waals surface area contributed by atoms with Gasteiger partial charge in [-0.1, -0.05) is 13.8 Å². The summed E-state index contributed by atoms with van der Waals surface area (Å²) in [7, 11) is 1.71. The Kier molecular flexibility index (Phi) is 6.52. The molecule has 3 nitrogen and oxygen atoms in total. The molecule has 0 bridgehead atoms. The summed E-state index contributed by atoms with van der Waals surface area (Å²) in [4.78, 5) is 13.7. The average Bonchev–Trinajstić information content (AvgIpc) is 2.34. The summed E-state index contributed by atoms with van der Waals surface area (Å²) in [5.41, 5.74) is 1.84. The van der Waals surface area contributed by atoms with Crippen molar-refractivity contribution in [2.45, 2.75) is 20.8 Å². The maximum atomic E-state index is 11.4. The number of hydrogen-bond acceptors (Lipinski definition) is 3. The summed E-state index contributed by atoms with van der Waals surface area (Å²) in [6, 6.07) is 5.76. The van der Waals surface area contributed by atoms with E-state index < -0.39 is 0 Å². The minimum atomic E-state index is 0.0829. The van der Waals surface area contributed by atoms with Crippen LogP contribution >= 0.6 is 15.9 Å². The first-order chi connectivity index (χ1) is 8.95. The molecule has 0 atom stereocenters. The van der Waals surface area contributed by atoms with Crippen LogP contribution in [0, 0.1) is 5.92 Å². The Hall–Kier alpha value is -0.870. The Balaban J connectivity index is 2.97. The molecule has 0 heterocycles. The van der Waals surface area contributed by atoms with Gasteiger partial charge in [-0.2, -0.15) is 0 Å². The summed E-state index contributed by atoms with van der Waals surface area (Å²) >= 11 is 3.56. The van der Waals surface area contributed by atoms with Crippen LogP contribution in [0.15, 0.2) is 22.7 Å². The number of hydrogen-bond donors (Lipinski definition) is 0. The maximum absolute atomic E-state index is 11.4. The number of methoxy groups -OCH3 is 1. The van der Waals surface area contributed by atoms with Gasteiger partial charge in [0.25, 0.3) is 0 Å². The number of carbonyl (C=O) groups excluding carboxylic acids is 1. The lowest BCUT2D eigenvalue weighted by Crippen LogP contribution is -2.31. The molecule has 19 heavy (non-hydrogen) atoms. The van der Waals surface area contributed by atoms with E-state index in [2.05, 4.69) is 34.7 Å². The maximum Gasteiger partial charge on any atom is 0.159 e. The van der Waals surface area contributed by atoms with Crippen LogP contribution in [0.4, 0.5) is 5.69 Å². The van der Waals surface area contributed by atoms with Gasteiger partial charge in [-0.3, -0.25) is 4.79 Å². The number of carbonyl (C=O) groups is 1. The van der Waals surface area contributed by atoms with Crippen molar-refractivity contribution >= 4 is 27.4 Å². The van der Waals surface area contributed by atoms with Crippen LogP contribution in [0.25, 0.3) is 0 Å². The van der Waals surface area contributed by atoms with Crippen molar-refractivity contribution < 1.29 is 9.53 Å². The van der Waals surface area contributed by atoms with Gasteiger partial charge in [0.15, 0.2) is 5.78 Å². The molecule has 0 fully saturated rings. The van der Waals surface area contributed by atoms with Gasteiger partial charge in [-0.05, 0) is 47.0 Å². The lowest BCUT2D eigenvalue weighted by molar-refractivity contribution is 0.101. The van der Waals surface area contributed by atoms with Gasteiger partial charge in [0, 0.05) is 30.2 Å². The Labute approximate surface area is 124 Å². The lowest BCUT2D eigenvalue weighted by Gasteiger charge is -2.27. The first kappa shape index (κ1) is 16.2. The lowest BCUT2D eigenvalue weighted by atomic mass is 10.1. The highest BCUT2D eigenvalue weighted by atomic mass is 79.9. The number of ketones is 1. The molecule has 4 heteroatoms. The molecule has 106 valence electrons. The third-order valence-corrected chi connectivity index (χ3v) is 3.48. The summed E-state index contributed by atoms with van der Waals surface area (Å²) < 4.78 is 6.12. The molecule has 0 aliphatic carbocycles.